The van der Waals surface area contributed by atoms with E-state index in [9.17, 15) is 0 Å². The number of nitrogens with zero attached hydrogens (tertiary/aromatic N) is 2. The Morgan fingerprint density at radius 3 is 2.65 bits per heavy atom. The molecule has 4 heteroatoms. The van der Waals surface area contributed by atoms with E-state index in [1.54, 1.807) is 12.3 Å². The van der Waals surface area contributed by atoms with Gasteiger partial charge >= 0.3 is 0 Å². The molecule has 0 aliphatic carbocycles. The Balaban J connectivity index is 2.30. The molecule has 1 aromatic carbocycles. The van der Waals surface area contributed by atoms with Crippen LogP contribution < -0.4 is 10.2 Å². The van der Waals surface area contributed by atoms with Crippen LogP contribution in [0.4, 0.5) is 17.1 Å². The normalized spacial score (nSPS) is 10.1. The topological polar surface area (TPSA) is 28.2 Å². The van der Waals surface area contributed by atoms with Gasteiger partial charge < -0.3 is 10.2 Å². The van der Waals surface area contributed by atoms with E-state index in [4.69, 9.17) is 11.6 Å². The van der Waals surface area contributed by atoms with Gasteiger partial charge in [0.15, 0.2) is 0 Å². The van der Waals surface area contributed by atoms with Crippen LogP contribution in [0.1, 0.15) is 0 Å². The largest absolute Gasteiger partial charge is 0.376 e. The SMILES string of the molecule is CN(C)c1ccccc1Nc1ccnc(Cl)c1. The van der Waals surface area contributed by atoms with Crippen LogP contribution in [-0.2, 0) is 0 Å². The minimum Gasteiger partial charge on any atom is -0.376 e. The summed E-state index contributed by atoms with van der Waals surface area (Å²) in [5, 5.41) is 3.81. The highest BCUT2D eigenvalue weighted by Crippen LogP contribution is 2.27. The van der Waals surface area contributed by atoms with Crippen LogP contribution in [0, 0.1) is 0 Å². The molecule has 2 aromatic rings. The van der Waals surface area contributed by atoms with Crippen LogP contribution in [0.2, 0.25) is 5.15 Å². The molecule has 0 saturated carbocycles. The van der Waals surface area contributed by atoms with Gasteiger partial charge in [-0.25, -0.2) is 4.98 Å². The monoisotopic (exact) mass is 247 g/mol. The summed E-state index contributed by atoms with van der Waals surface area (Å²) in [4.78, 5) is 6.01. The summed E-state index contributed by atoms with van der Waals surface area (Å²) in [5.41, 5.74) is 3.10. The Labute approximate surface area is 106 Å². The summed E-state index contributed by atoms with van der Waals surface area (Å²) < 4.78 is 0. The van der Waals surface area contributed by atoms with E-state index in [2.05, 4.69) is 21.3 Å². The van der Waals surface area contributed by atoms with Crippen LogP contribution >= 0.6 is 11.6 Å². The van der Waals surface area contributed by atoms with Crippen molar-refractivity contribution in [1.82, 2.24) is 4.98 Å². The number of aromatic nitrogens is 1. The smallest absolute Gasteiger partial charge is 0.131 e. The number of nitrogens with one attached hydrogen (secondary N) is 1. The molecule has 0 radical (unpaired) electrons. The van der Waals surface area contributed by atoms with Gasteiger partial charge in [0.25, 0.3) is 0 Å². The lowest BCUT2D eigenvalue weighted by molar-refractivity contribution is 1.13. The highest BCUT2D eigenvalue weighted by atomic mass is 35.5. The Bertz CT molecular complexity index is 512. The Morgan fingerprint density at radius 1 is 1.18 bits per heavy atom. The van der Waals surface area contributed by atoms with Crippen LogP contribution in [-0.4, -0.2) is 19.1 Å². The molecule has 0 aliphatic heterocycles. The van der Waals surface area contributed by atoms with Crippen LogP contribution in [0.5, 0.6) is 0 Å². The van der Waals surface area contributed by atoms with Gasteiger partial charge in [0.2, 0.25) is 0 Å². The summed E-state index contributed by atoms with van der Waals surface area (Å²) >= 11 is 5.85. The molecule has 0 aliphatic rings. The Kier molecular flexibility index (Phi) is 3.49. The zero-order valence-corrected chi connectivity index (χ0v) is 10.6. The fraction of sp³-hybridized carbons (Fsp3) is 0.154. The summed E-state index contributed by atoms with van der Waals surface area (Å²) in [6.45, 7) is 0. The maximum Gasteiger partial charge on any atom is 0.131 e. The van der Waals surface area contributed by atoms with Crippen molar-refractivity contribution >= 4 is 28.7 Å². The lowest BCUT2D eigenvalue weighted by Crippen LogP contribution is -2.10. The van der Waals surface area contributed by atoms with Gasteiger partial charge in [0.1, 0.15) is 5.15 Å². The second-order valence-electron chi connectivity index (χ2n) is 3.90. The lowest BCUT2D eigenvalue weighted by atomic mass is 10.2. The number of anilines is 3. The van der Waals surface area contributed by atoms with Crippen LogP contribution in [0.3, 0.4) is 0 Å². The molecule has 0 atom stereocenters. The molecule has 0 spiro atoms. The molecule has 3 nitrogen and oxygen atoms in total. The second kappa shape index (κ2) is 5.06. The van der Waals surface area contributed by atoms with Gasteiger partial charge in [-0.15, -0.1) is 0 Å². The van der Waals surface area contributed by atoms with E-state index < -0.39 is 0 Å². The highest BCUT2D eigenvalue weighted by Gasteiger charge is 2.03. The third-order valence-corrected chi connectivity index (χ3v) is 2.60. The van der Waals surface area contributed by atoms with Crippen molar-refractivity contribution < 1.29 is 0 Å². The lowest BCUT2D eigenvalue weighted by Gasteiger charge is -2.18. The molecule has 0 bridgehead atoms. The van der Waals surface area contributed by atoms with Crippen LogP contribution in [0.15, 0.2) is 42.6 Å². The number of halogens is 1. The zero-order chi connectivity index (χ0) is 12.3. The van der Waals surface area contributed by atoms with Crippen molar-refractivity contribution in [2.24, 2.45) is 0 Å². The highest BCUT2D eigenvalue weighted by molar-refractivity contribution is 6.29. The van der Waals surface area contributed by atoms with Crippen molar-refractivity contribution in [3.63, 3.8) is 0 Å². The quantitative estimate of drug-likeness (QED) is 0.841. The summed E-state index contributed by atoms with van der Waals surface area (Å²) in [5.74, 6) is 0. The molecule has 0 amide bonds. The molecular formula is C13H14ClN3. The van der Waals surface area contributed by atoms with Crippen molar-refractivity contribution in [3.8, 4) is 0 Å². The van der Waals surface area contributed by atoms with Crippen molar-refractivity contribution in [2.75, 3.05) is 24.3 Å². The van der Waals surface area contributed by atoms with Gasteiger partial charge in [-0.1, -0.05) is 23.7 Å². The average Bonchev–Trinajstić information content (AvgIpc) is 2.29. The molecule has 0 unspecified atom stereocenters. The van der Waals surface area contributed by atoms with E-state index >= 15 is 0 Å². The second-order valence-corrected chi connectivity index (χ2v) is 4.29. The summed E-state index contributed by atoms with van der Waals surface area (Å²) in [7, 11) is 4.03. The maximum atomic E-state index is 5.85. The van der Waals surface area contributed by atoms with Crippen molar-refractivity contribution in [3.05, 3.63) is 47.7 Å². The molecular weight excluding hydrogens is 234 g/mol. The number of hydrogen-bond donors (Lipinski definition) is 1. The molecule has 1 aromatic heterocycles. The molecule has 17 heavy (non-hydrogen) atoms. The number of rotatable bonds is 3. The third kappa shape index (κ3) is 2.88. The molecule has 1 N–H and O–H groups in total. The van der Waals surface area contributed by atoms with Crippen molar-refractivity contribution in [2.45, 2.75) is 0 Å². The minimum absolute atomic E-state index is 0.484. The maximum absolute atomic E-state index is 5.85. The number of benzene rings is 1. The first-order valence-electron chi connectivity index (χ1n) is 5.32. The number of hydrogen-bond acceptors (Lipinski definition) is 3. The summed E-state index contributed by atoms with van der Waals surface area (Å²) in [6, 6.07) is 11.8. The number of pyridine rings is 1. The molecule has 88 valence electrons. The van der Waals surface area contributed by atoms with Gasteiger partial charge in [-0.3, -0.25) is 0 Å². The fourth-order valence-corrected chi connectivity index (χ4v) is 1.78. The third-order valence-electron chi connectivity index (χ3n) is 2.39. The average molecular weight is 248 g/mol. The minimum atomic E-state index is 0.484. The first kappa shape index (κ1) is 11.7. The molecule has 0 fully saturated rings. The van der Waals surface area contributed by atoms with Gasteiger partial charge in [0, 0.05) is 26.0 Å². The summed E-state index contributed by atoms with van der Waals surface area (Å²) in [6.07, 6.45) is 1.68. The zero-order valence-electron chi connectivity index (χ0n) is 9.81. The van der Waals surface area contributed by atoms with E-state index in [-0.39, 0.29) is 0 Å². The molecule has 1 heterocycles. The van der Waals surface area contributed by atoms with E-state index in [0.717, 1.165) is 17.1 Å². The van der Waals surface area contributed by atoms with Crippen LogP contribution in [0.25, 0.3) is 0 Å². The molecule has 2 rings (SSSR count). The van der Waals surface area contributed by atoms with Gasteiger partial charge in [-0.2, -0.15) is 0 Å². The van der Waals surface area contributed by atoms with Gasteiger partial charge in [0.05, 0.1) is 11.4 Å². The predicted molar refractivity (Wildman–Crippen MR) is 73.3 cm³/mol. The Hall–Kier alpha value is -1.74. The van der Waals surface area contributed by atoms with Gasteiger partial charge in [-0.05, 0) is 24.3 Å². The van der Waals surface area contributed by atoms with E-state index in [1.807, 2.05) is 38.4 Å². The number of para-hydroxylation sites is 2. The van der Waals surface area contributed by atoms with Crippen molar-refractivity contribution in [1.29, 1.82) is 0 Å². The molecule has 0 saturated heterocycles. The standard InChI is InChI=1S/C13H14ClN3/c1-17(2)12-6-4-3-5-11(12)16-10-7-8-15-13(14)9-10/h3-9H,1-2H3,(H,15,16). The van der Waals surface area contributed by atoms with E-state index in [1.165, 1.54) is 0 Å². The predicted octanol–water partition coefficient (Wildman–Crippen LogP) is 3.54. The fourth-order valence-electron chi connectivity index (χ4n) is 1.61. The van der Waals surface area contributed by atoms with E-state index in [0.29, 0.717) is 5.15 Å². The Morgan fingerprint density at radius 2 is 1.94 bits per heavy atom. The first-order valence-corrected chi connectivity index (χ1v) is 5.69. The first-order chi connectivity index (χ1) is 8.16.